The number of amides is 2. The Hall–Kier alpha value is -3.22. The van der Waals surface area contributed by atoms with Gasteiger partial charge >= 0.3 is 0 Å². The van der Waals surface area contributed by atoms with Gasteiger partial charge in [-0.3, -0.25) is 9.59 Å². The van der Waals surface area contributed by atoms with E-state index in [-0.39, 0.29) is 17.9 Å². The quantitative estimate of drug-likeness (QED) is 0.737. The Balaban J connectivity index is 1.47. The molecule has 3 aromatic rings. The largest absolute Gasteiger partial charge is 0.365 e. The summed E-state index contributed by atoms with van der Waals surface area (Å²) in [6.07, 6.45) is 5.11. The molecule has 0 bridgehead atoms. The van der Waals surface area contributed by atoms with Gasteiger partial charge in [0, 0.05) is 18.2 Å². The van der Waals surface area contributed by atoms with E-state index in [2.05, 4.69) is 27.5 Å². The molecule has 2 heterocycles. The maximum Gasteiger partial charge on any atom is 0.270 e. The second kappa shape index (κ2) is 5.90. The number of benzene rings is 1. The summed E-state index contributed by atoms with van der Waals surface area (Å²) in [6.45, 7) is 0. The number of fused-ring (bicyclic) bond motifs is 2. The molecule has 2 aromatic heterocycles. The van der Waals surface area contributed by atoms with E-state index in [1.54, 1.807) is 6.07 Å². The Morgan fingerprint density at radius 1 is 1.11 bits per heavy atom. The number of aromatic nitrogens is 3. The molecule has 7 heteroatoms. The van der Waals surface area contributed by atoms with Crippen molar-refractivity contribution in [1.29, 1.82) is 0 Å². The molecule has 7 nitrogen and oxygen atoms in total. The molecule has 0 atom stereocenters. The molecule has 1 aromatic carbocycles. The molecule has 2 amide bonds. The highest BCUT2D eigenvalue weighted by Gasteiger charge is 2.33. The Kier molecular flexibility index (Phi) is 3.50. The number of nitrogens with one attached hydrogen (secondary N) is 1. The average molecular weight is 361 g/mol. The topological polar surface area (TPSA) is 102 Å². The number of nitrogens with zero attached hydrogens (tertiary/aromatic N) is 3. The number of carbonyl (C=O) groups is 2. The van der Waals surface area contributed by atoms with E-state index >= 15 is 0 Å². The number of carbonyl (C=O) groups excluding carboxylic acids is 2. The van der Waals surface area contributed by atoms with E-state index in [9.17, 15) is 9.59 Å². The van der Waals surface area contributed by atoms with E-state index in [0.717, 1.165) is 25.7 Å². The van der Waals surface area contributed by atoms with Crippen molar-refractivity contribution in [2.24, 2.45) is 5.73 Å². The van der Waals surface area contributed by atoms with Crippen molar-refractivity contribution in [1.82, 2.24) is 19.9 Å². The third-order valence-electron chi connectivity index (χ3n) is 5.37. The van der Waals surface area contributed by atoms with Crippen LogP contribution in [0.15, 0.2) is 36.5 Å². The SMILES string of the molecule is NC(=O)c1c(C2CC2)nn2c(C(=O)NC3Cc4ccccc4C3)ccnc12. The highest BCUT2D eigenvalue weighted by Crippen LogP contribution is 2.41. The fraction of sp³-hybridized carbons (Fsp3) is 0.300. The van der Waals surface area contributed by atoms with Crippen LogP contribution in [0.25, 0.3) is 5.65 Å². The summed E-state index contributed by atoms with van der Waals surface area (Å²) in [5.74, 6) is -0.543. The molecule has 1 saturated carbocycles. The molecule has 2 aliphatic rings. The third-order valence-corrected chi connectivity index (χ3v) is 5.37. The molecule has 0 radical (unpaired) electrons. The van der Waals surface area contributed by atoms with Crippen LogP contribution in [-0.4, -0.2) is 32.5 Å². The zero-order valence-electron chi connectivity index (χ0n) is 14.7. The summed E-state index contributed by atoms with van der Waals surface area (Å²) in [7, 11) is 0. The van der Waals surface area contributed by atoms with E-state index in [4.69, 9.17) is 5.73 Å². The summed E-state index contributed by atoms with van der Waals surface area (Å²) in [5.41, 5.74) is 9.82. The van der Waals surface area contributed by atoms with Gasteiger partial charge in [0.05, 0.1) is 5.69 Å². The first-order valence-electron chi connectivity index (χ1n) is 9.17. The zero-order chi connectivity index (χ0) is 18.5. The van der Waals surface area contributed by atoms with Gasteiger partial charge in [0.25, 0.3) is 11.8 Å². The maximum absolute atomic E-state index is 12.9. The molecule has 3 N–H and O–H groups in total. The van der Waals surface area contributed by atoms with Crippen molar-refractivity contribution in [3.05, 3.63) is 64.6 Å². The molecule has 0 saturated heterocycles. The van der Waals surface area contributed by atoms with Crippen LogP contribution in [0.3, 0.4) is 0 Å². The first-order valence-corrected chi connectivity index (χ1v) is 9.17. The van der Waals surface area contributed by atoms with E-state index in [1.165, 1.54) is 21.8 Å². The van der Waals surface area contributed by atoms with Gasteiger partial charge in [-0.25, -0.2) is 9.50 Å². The molecule has 1 fully saturated rings. The summed E-state index contributed by atoms with van der Waals surface area (Å²) in [6, 6.07) is 9.90. The van der Waals surface area contributed by atoms with Crippen molar-refractivity contribution in [2.45, 2.75) is 37.6 Å². The van der Waals surface area contributed by atoms with Crippen molar-refractivity contribution < 1.29 is 9.59 Å². The van der Waals surface area contributed by atoms with Crippen molar-refractivity contribution in [3.8, 4) is 0 Å². The van der Waals surface area contributed by atoms with Gasteiger partial charge in [0.15, 0.2) is 5.65 Å². The van der Waals surface area contributed by atoms with Crippen molar-refractivity contribution in [2.75, 3.05) is 0 Å². The fourth-order valence-corrected chi connectivity index (χ4v) is 3.93. The molecule has 136 valence electrons. The highest BCUT2D eigenvalue weighted by atomic mass is 16.2. The third kappa shape index (κ3) is 2.66. The lowest BCUT2D eigenvalue weighted by Crippen LogP contribution is -2.36. The minimum absolute atomic E-state index is 0.0483. The summed E-state index contributed by atoms with van der Waals surface area (Å²) in [5, 5.41) is 7.62. The van der Waals surface area contributed by atoms with Crippen LogP contribution in [0.1, 0.15) is 56.4 Å². The smallest absolute Gasteiger partial charge is 0.270 e. The van der Waals surface area contributed by atoms with Crippen LogP contribution in [0, 0.1) is 0 Å². The number of hydrogen-bond acceptors (Lipinski definition) is 4. The van der Waals surface area contributed by atoms with E-state index < -0.39 is 5.91 Å². The molecular weight excluding hydrogens is 342 g/mol. The fourth-order valence-electron chi connectivity index (χ4n) is 3.93. The summed E-state index contributed by atoms with van der Waals surface area (Å²) < 4.78 is 1.46. The Morgan fingerprint density at radius 2 is 1.81 bits per heavy atom. The lowest BCUT2D eigenvalue weighted by molar-refractivity contribution is 0.0929. The van der Waals surface area contributed by atoms with Crippen LogP contribution >= 0.6 is 0 Å². The highest BCUT2D eigenvalue weighted by molar-refractivity contribution is 6.01. The molecule has 2 aliphatic carbocycles. The van der Waals surface area contributed by atoms with Gasteiger partial charge in [-0.15, -0.1) is 0 Å². The lowest BCUT2D eigenvalue weighted by Gasteiger charge is -2.12. The van der Waals surface area contributed by atoms with Gasteiger partial charge < -0.3 is 11.1 Å². The van der Waals surface area contributed by atoms with Gasteiger partial charge in [-0.05, 0) is 42.9 Å². The molecule has 0 spiro atoms. The molecule has 27 heavy (non-hydrogen) atoms. The van der Waals surface area contributed by atoms with Crippen molar-refractivity contribution >= 4 is 17.5 Å². The Bertz CT molecular complexity index is 1060. The van der Waals surface area contributed by atoms with Crippen LogP contribution < -0.4 is 11.1 Å². The standard InChI is InChI=1S/C20H19N5O2/c21-18(26)16-17(11-5-6-11)24-25-15(7-8-22-19(16)25)20(27)23-14-9-12-3-1-2-4-13(12)10-14/h1-4,7-8,11,14H,5-6,9-10H2,(H2,21,26)(H,23,27). The summed E-state index contributed by atoms with van der Waals surface area (Å²) in [4.78, 5) is 29.1. The monoisotopic (exact) mass is 361 g/mol. The van der Waals surface area contributed by atoms with Crippen LogP contribution in [-0.2, 0) is 12.8 Å². The van der Waals surface area contributed by atoms with E-state index in [0.29, 0.717) is 22.6 Å². The first-order chi connectivity index (χ1) is 13.1. The predicted molar refractivity (Wildman–Crippen MR) is 98.6 cm³/mol. The van der Waals surface area contributed by atoms with Gasteiger partial charge in [0.2, 0.25) is 0 Å². The Morgan fingerprint density at radius 3 is 2.44 bits per heavy atom. The van der Waals surface area contributed by atoms with Crippen LogP contribution in [0.5, 0.6) is 0 Å². The summed E-state index contributed by atoms with van der Waals surface area (Å²) >= 11 is 0. The Labute approximate surface area is 155 Å². The lowest BCUT2D eigenvalue weighted by atomic mass is 10.1. The number of hydrogen-bond donors (Lipinski definition) is 2. The van der Waals surface area contributed by atoms with Gasteiger partial charge in [-0.2, -0.15) is 5.10 Å². The minimum atomic E-state index is -0.553. The normalized spacial score (nSPS) is 16.4. The molecule has 5 rings (SSSR count). The second-order valence-electron chi connectivity index (χ2n) is 7.31. The first kappa shape index (κ1) is 16.0. The molecular formula is C20H19N5O2. The number of primary amides is 1. The number of nitrogens with two attached hydrogens (primary N) is 1. The molecule has 0 aliphatic heterocycles. The van der Waals surface area contributed by atoms with Gasteiger partial charge in [-0.1, -0.05) is 24.3 Å². The maximum atomic E-state index is 12.9. The number of rotatable bonds is 4. The molecule has 0 unspecified atom stereocenters. The second-order valence-corrected chi connectivity index (χ2v) is 7.31. The van der Waals surface area contributed by atoms with Crippen LogP contribution in [0.2, 0.25) is 0 Å². The van der Waals surface area contributed by atoms with Gasteiger partial charge in [0.1, 0.15) is 11.3 Å². The van der Waals surface area contributed by atoms with Crippen molar-refractivity contribution in [3.63, 3.8) is 0 Å². The van der Waals surface area contributed by atoms with E-state index in [1.807, 2.05) is 12.1 Å². The zero-order valence-corrected chi connectivity index (χ0v) is 14.7. The average Bonchev–Trinajstić information content (AvgIpc) is 3.29. The predicted octanol–water partition coefficient (Wildman–Crippen LogP) is 1.60. The minimum Gasteiger partial charge on any atom is -0.365 e. The van der Waals surface area contributed by atoms with Crippen LogP contribution in [0.4, 0.5) is 0 Å².